The maximum Gasteiger partial charge on any atom is 2.00 e. The second-order valence-corrected chi connectivity index (χ2v) is 10.0. The molecular weight excluding hydrogens is 623 g/mol. The molecule has 180 valence electrons. The van der Waals surface area contributed by atoms with Crippen molar-refractivity contribution in [3.63, 3.8) is 0 Å². The van der Waals surface area contributed by atoms with E-state index in [4.69, 9.17) is 9.97 Å². The second-order valence-electron chi connectivity index (χ2n) is 10.0. The average molecular weight is 650 g/mol. The third-order valence-electron chi connectivity index (χ3n) is 6.55. The SMILES string of the molecule is Cc1[n-]c(-n2ccc3ccc(-c4[c-]c(-c5ccccn5)cc(C(C)(C)C)c4)nc32)c2ccccc12.[Pt+2]. The number of fused-ring (bicyclic) bond motifs is 2. The van der Waals surface area contributed by atoms with Gasteiger partial charge in [-0.3, -0.25) is 9.97 Å². The van der Waals surface area contributed by atoms with E-state index in [1.165, 1.54) is 10.9 Å². The first-order valence-electron chi connectivity index (χ1n) is 11.9. The summed E-state index contributed by atoms with van der Waals surface area (Å²) in [6.07, 6.45) is 3.88. The van der Waals surface area contributed by atoms with Crippen molar-refractivity contribution < 1.29 is 21.1 Å². The van der Waals surface area contributed by atoms with Crippen LogP contribution >= 0.6 is 0 Å². The molecule has 6 rings (SSSR count). The van der Waals surface area contributed by atoms with Gasteiger partial charge in [-0.05, 0) is 40.4 Å². The van der Waals surface area contributed by atoms with E-state index in [-0.39, 0.29) is 26.5 Å². The van der Waals surface area contributed by atoms with Crippen LogP contribution in [-0.4, -0.2) is 14.5 Å². The summed E-state index contributed by atoms with van der Waals surface area (Å²) in [5.74, 6) is 0.916. The van der Waals surface area contributed by atoms with Gasteiger partial charge in [0.05, 0.1) is 5.65 Å². The van der Waals surface area contributed by atoms with Crippen molar-refractivity contribution >= 4 is 21.8 Å². The Kier molecular flexibility index (Phi) is 6.18. The molecule has 0 atom stereocenters. The summed E-state index contributed by atoms with van der Waals surface area (Å²) in [6.45, 7) is 8.74. The molecule has 0 aliphatic carbocycles. The average Bonchev–Trinajstić information content (AvgIpc) is 3.44. The number of hydrogen-bond acceptors (Lipinski definition) is 2. The Labute approximate surface area is 225 Å². The molecule has 0 aliphatic heterocycles. The molecule has 4 nitrogen and oxygen atoms in total. The molecule has 4 heterocycles. The van der Waals surface area contributed by atoms with Crippen LogP contribution in [-0.2, 0) is 26.5 Å². The van der Waals surface area contributed by atoms with Crippen molar-refractivity contribution in [3.05, 3.63) is 103 Å². The topological polar surface area (TPSA) is 44.8 Å². The molecular formula is C31H26N4Pt. The number of hydrogen-bond donors (Lipinski definition) is 0. The molecule has 0 N–H and O–H groups in total. The number of aromatic nitrogens is 4. The van der Waals surface area contributed by atoms with Gasteiger partial charge in [0, 0.05) is 17.6 Å². The van der Waals surface area contributed by atoms with Crippen LogP contribution in [0.4, 0.5) is 0 Å². The molecule has 0 bridgehead atoms. The molecule has 36 heavy (non-hydrogen) atoms. The molecule has 0 spiro atoms. The number of nitrogens with zero attached hydrogens (tertiary/aromatic N) is 4. The van der Waals surface area contributed by atoms with E-state index < -0.39 is 0 Å². The minimum absolute atomic E-state index is 0. The maximum atomic E-state index is 5.13. The van der Waals surface area contributed by atoms with Gasteiger partial charge in [-0.2, -0.15) is 0 Å². The fourth-order valence-corrected chi connectivity index (χ4v) is 4.59. The Morgan fingerprint density at radius 1 is 0.833 bits per heavy atom. The van der Waals surface area contributed by atoms with E-state index in [1.807, 2.05) is 24.4 Å². The minimum atomic E-state index is -0.0205. The summed E-state index contributed by atoms with van der Waals surface area (Å²) in [5, 5.41) is 3.38. The zero-order chi connectivity index (χ0) is 24.2. The van der Waals surface area contributed by atoms with Gasteiger partial charge in [0.1, 0.15) is 0 Å². The van der Waals surface area contributed by atoms with Crippen LogP contribution in [0.1, 0.15) is 32.0 Å². The summed E-state index contributed by atoms with van der Waals surface area (Å²) in [6, 6.07) is 28.6. The Morgan fingerprint density at radius 2 is 1.56 bits per heavy atom. The van der Waals surface area contributed by atoms with Gasteiger partial charge in [0.2, 0.25) is 0 Å². The van der Waals surface area contributed by atoms with E-state index >= 15 is 0 Å². The largest absolute Gasteiger partial charge is 2.00 e. The number of benzene rings is 2. The van der Waals surface area contributed by atoms with Crippen molar-refractivity contribution in [2.45, 2.75) is 33.1 Å². The number of aryl methyl sites for hydroxylation is 1. The van der Waals surface area contributed by atoms with Crippen LogP contribution in [0.5, 0.6) is 0 Å². The van der Waals surface area contributed by atoms with Gasteiger partial charge in [-0.15, -0.1) is 23.8 Å². The fraction of sp³-hybridized carbons (Fsp3) is 0.161. The molecule has 0 saturated heterocycles. The van der Waals surface area contributed by atoms with Crippen molar-refractivity contribution in [2.75, 3.05) is 0 Å². The van der Waals surface area contributed by atoms with E-state index in [1.54, 1.807) is 0 Å². The van der Waals surface area contributed by atoms with Gasteiger partial charge in [0.25, 0.3) is 0 Å². The normalized spacial score (nSPS) is 11.7. The molecule has 5 heteroatoms. The Balaban J connectivity index is 0.00000267. The molecule has 0 amide bonds. The van der Waals surface area contributed by atoms with Crippen molar-refractivity contribution in [2.24, 2.45) is 0 Å². The molecule has 0 saturated carbocycles. The molecule has 4 aromatic heterocycles. The second kappa shape index (κ2) is 9.18. The first-order chi connectivity index (χ1) is 16.9. The van der Waals surface area contributed by atoms with Crippen molar-refractivity contribution in [3.8, 4) is 28.3 Å². The monoisotopic (exact) mass is 649 g/mol. The van der Waals surface area contributed by atoms with E-state index in [0.29, 0.717) is 0 Å². The van der Waals surface area contributed by atoms with Crippen LogP contribution in [0.15, 0.2) is 85.2 Å². The van der Waals surface area contributed by atoms with Crippen molar-refractivity contribution in [1.29, 1.82) is 0 Å². The summed E-state index contributed by atoms with van der Waals surface area (Å²) >= 11 is 0. The van der Waals surface area contributed by atoms with Gasteiger partial charge in [-0.25, -0.2) is 0 Å². The van der Waals surface area contributed by atoms with E-state index in [2.05, 4.69) is 104 Å². The standard InChI is InChI=1S/C31H26N4.Pt/c1-20-25-9-5-6-10-26(25)30(33-20)35-16-14-21-12-13-28(34-29(21)35)23-17-22(27-11-7-8-15-32-27)18-24(19-23)31(2,3)4;/h5-16,18-19H,1-4H3;/q-2;+2. The first-order valence-corrected chi connectivity index (χ1v) is 11.9. The summed E-state index contributed by atoms with van der Waals surface area (Å²) in [4.78, 5) is 14.6. The Morgan fingerprint density at radius 3 is 2.28 bits per heavy atom. The van der Waals surface area contributed by atoms with E-state index in [9.17, 15) is 0 Å². The van der Waals surface area contributed by atoms with Crippen LogP contribution < -0.4 is 4.98 Å². The zero-order valence-corrected chi connectivity index (χ0v) is 23.0. The molecule has 0 radical (unpaired) electrons. The molecule has 0 unspecified atom stereocenters. The van der Waals surface area contributed by atoms with Gasteiger partial charge in [0.15, 0.2) is 0 Å². The quantitative estimate of drug-likeness (QED) is 0.190. The number of rotatable bonds is 3. The predicted octanol–water partition coefficient (Wildman–Crippen LogP) is 7.27. The van der Waals surface area contributed by atoms with Crippen LogP contribution in [0.3, 0.4) is 0 Å². The Hall–Kier alpha value is -3.49. The maximum absolute atomic E-state index is 5.13. The smallest absolute Gasteiger partial charge is 0.439 e. The number of pyridine rings is 2. The van der Waals surface area contributed by atoms with Crippen LogP contribution in [0.2, 0.25) is 0 Å². The molecule has 0 fully saturated rings. The minimum Gasteiger partial charge on any atom is -0.439 e. The fourth-order valence-electron chi connectivity index (χ4n) is 4.59. The molecule has 2 aromatic carbocycles. The third-order valence-corrected chi connectivity index (χ3v) is 6.55. The summed E-state index contributed by atoms with van der Waals surface area (Å²) in [5.41, 5.74) is 6.85. The third kappa shape index (κ3) is 4.20. The van der Waals surface area contributed by atoms with E-state index in [0.717, 1.165) is 50.4 Å². The summed E-state index contributed by atoms with van der Waals surface area (Å²) < 4.78 is 2.10. The first kappa shape index (κ1) is 24.2. The van der Waals surface area contributed by atoms with Crippen molar-refractivity contribution in [1.82, 2.24) is 19.5 Å². The van der Waals surface area contributed by atoms with Gasteiger partial charge in [-0.1, -0.05) is 98.4 Å². The summed E-state index contributed by atoms with van der Waals surface area (Å²) in [7, 11) is 0. The molecule has 0 aliphatic rings. The Bertz CT molecular complexity index is 1690. The zero-order valence-electron chi connectivity index (χ0n) is 20.7. The predicted molar refractivity (Wildman–Crippen MR) is 143 cm³/mol. The van der Waals surface area contributed by atoms with Crippen LogP contribution in [0, 0.1) is 13.0 Å². The van der Waals surface area contributed by atoms with Gasteiger partial charge >= 0.3 is 21.1 Å². The molecule has 6 aromatic rings. The van der Waals surface area contributed by atoms with Gasteiger partial charge < -0.3 is 9.55 Å². The van der Waals surface area contributed by atoms with Crippen LogP contribution in [0.25, 0.3) is 50.1 Å².